The van der Waals surface area contributed by atoms with E-state index in [1.807, 2.05) is 16.8 Å². The van der Waals surface area contributed by atoms with Crippen LogP contribution in [0.15, 0.2) is 67.5 Å². The van der Waals surface area contributed by atoms with Crippen molar-refractivity contribution in [3.8, 4) is 34.6 Å². The first-order valence-corrected chi connectivity index (χ1v) is 11.3. The molecule has 0 unspecified atom stereocenters. The number of fused-ring (bicyclic) bond motifs is 1. The number of methoxy groups -OCH3 is 1. The summed E-state index contributed by atoms with van der Waals surface area (Å²) in [5.74, 6) is -0.106. The Morgan fingerprint density at radius 1 is 1.22 bits per heavy atom. The number of amides is 1. The molecule has 36 heavy (non-hydrogen) atoms. The highest BCUT2D eigenvalue weighted by molar-refractivity contribution is 5.95. The Bertz CT molecular complexity index is 1510. The van der Waals surface area contributed by atoms with E-state index >= 15 is 0 Å². The van der Waals surface area contributed by atoms with Crippen molar-refractivity contribution in [2.45, 2.75) is 12.5 Å². The molecule has 3 heterocycles. The fourth-order valence-electron chi connectivity index (χ4n) is 4.45. The highest BCUT2D eigenvalue weighted by Crippen LogP contribution is 2.35. The summed E-state index contributed by atoms with van der Waals surface area (Å²) in [6, 6.07) is 13.9. The second-order valence-electron chi connectivity index (χ2n) is 8.32. The van der Waals surface area contributed by atoms with Gasteiger partial charge in [0, 0.05) is 36.4 Å². The summed E-state index contributed by atoms with van der Waals surface area (Å²) in [7, 11) is 1.40. The number of benzene rings is 2. The van der Waals surface area contributed by atoms with Crippen LogP contribution in [0, 0.1) is 17.1 Å². The highest BCUT2D eigenvalue weighted by atomic mass is 19.1. The van der Waals surface area contributed by atoms with Crippen LogP contribution in [0.25, 0.3) is 22.2 Å². The van der Waals surface area contributed by atoms with E-state index in [1.54, 1.807) is 29.3 Å². The summed E-state index contributed by atoms with van der Waals surface area (Å²) in [5.41, 5.74) is 2.53. The van der Waals surface area contributed by atoms with Crippen LogP contribution in [-0.2, 0) is 4.79 Å². The molecule has 2 aromatic heterocycles. The van der Waals surface area contributed by atoms with Gasteiger partial charge in [-0.25, -0.2) is 0 Å². The van der Waals surface area contributed by atoms with Gasteiger partial charge >= 0.3 is 0 Å². The van der Waals surface area contributed by atoms with E-state index in [2.05, 4.69) is 17.6 Å². The number of pyridine rings is 1. The van der Waals surface area contributed by atoms with Crippen molar-refractivity contribution in [1.29, 1.82) is 5.26 Å². The van der Waals surface area contributed by atoms with Crippen LogP contribution in [0.4, 0.5) is 4.39 Å². The maximum Gasteiger partial charge on any atom is 0.246 e. The predicted octanol–water partition coefficient (Wildman–Crippen LogP) is 4.87. The largest absolute Gasteiger partial charge is 0.494 e. The number of rotatable bonds is 6. The molecular formula is C27H22FN5O3. The minimum absolute atomic E-state index is 0.0551. The first kappa shape index (κ1) is 23.1. The Hall–Kier alpha value is -4.71. The molecule has 0 radical (unpaired) electrons. The van der Waals surface area contributed by atoms with Gasteiger partial charge in [-0.05, 0) is 48.9 Å². The van der Waals surface area contributed by atoms with Gasteiger partial charge in [0.05, 0.1) is 24.2 Å². The Balaban J connectivity index is 1.50. The molecule has 0 saturated carbocycles. The molecule has 1 amide bonds. The van der Waals surface area contributed by atoms with Gasteiger partial charge in [0.2, 0.25) is 11.7 Å². The number of nitriles is 1. The standard InChI is InChI=1S/C27H22FN5O3/c1-3-24(34)32-12-11-19(16-32)33-27-18(13-29)14-30-15-21(27)26(31-33)17-7-9-20(10-8-17)36-23-6-4-5-22(35-2)25(23)28/h3-10,14-15,19H,1,11-12,16H2,2H3/t19-/m1/s1. The van der Waals surface area contributed by atoms with Crippen molar-refractivity contribution in [2.75, 3.05) is 20.2 Å². The van der Waals surface area contributed by atoms with Gasteiger partial charge in [-0.1, -0.05) is 12.6 Å². The minimum Gasteiger partial charge on any atom is -0.494 e. The Morgan fingerprint density at radius 3 is 2.72 bits per heavy atom. The van der Waals surface area contributed by atoms with E-state index in [0.717, 1.165) is 10.9 Å². The normalized spacial score (nSPS) is 15.0. The molecule has 0 spiro atoms. The lowest BCUT2D eigenvalue weighted by atomic mass is 10.1. The van der Waals surface area contributed by atoms with Crippen molar-refractivity contribution >= 4 is 16.8 Å². The van der Waals surface area contributed by atoms with Crippen molar-refractivity contribution in [1.82, 2.24) is 19.7 Å². The smallest absolute Gasteiger partial charge is 0.246 e. The molecule has 9 heteroatoms. The number of nitrogens with zero attached hydrogens (tertiary/aromatic N) is 5. The SMILES string of the molecule is C=CC(=O)N1CC[C@@H](n2nc(-c3ccc(Oc4cccc(OC)c4F)cc3)c3cncc(C#N)c32)C1. The number of aromatic nitrogens is 3. The fraction of sp³-hybridized carbons (Fsp3) is 0.185. The van der Waals surface area contributed by atoms with E-state index in [4.69, 9.17) is 14.6 Å². The average molecular weight is 484 g/mol. The zero-order valence-corrected chi connectivity index (χ0v) is 19.5. The molecule has 0 N–H and O–H groups in total. The number of likely N-dealkylation sites (tertiary alicyclic amines) is 1. The number of carbonyl (C=O) groups is 1. The first-order valence-electron chi connectivity index (χ1n) is 11.3. The molecule has 2 aromatic carbocycles. The van der Waals surface area contributed by atoms with Crippen LogP contribution in [0.2, 0.25) is 0 Å². The third-order valence-electron chi connectivity index (χ3n) is 6.23. The monoisotopic (exact) mass is 483 g/mol. The molecule has 1 aliphatic rings. The summed E-state index contributed by atoms with van der Waals surface area (Å²) < 4.78 is 27.0. The second-order valence-corrected chi connectivity index (χ2v) is 8.32. The van der Waals surface area contributed by atoms with E-state index in [-0.39, 0.29) is 23.4 Å². The molecule has 1 atom stereocenters. The van der Waals surface area contributed by atoms with E-state index in [0.29, 0.717) is 42.0 Å². The number of carbonyl (C=O) groups excluding carboxylic acids is 1. The molecular weight excluding hydrogens is 461 g/mol. The van der Waals surface area contributed by atoms with Gasteiger partial charge in [-0.15, -0.1) is 0 Å². The molecule has 1 aliphatic heterocycles. The van der Waals surface area contributed by atoms with Crippen molar-refractivity contribution in [2.24, 2.45) is 0 Å². The van der Waals surface area contributed by atoms with Crippen LogP contribution in [0.3, 0.4) is 0 Å². The summed E-state index contributed by atoms with van der Waals surface area (Å²) in [6.45, 7) is 4.64. The zero-order chi connectivity index (χ0) is 25.2. The summed E-state index contributed by atoms with van der Waals surface area (Å²) in [4.78, 5) is 18.1. The summed E-state index contributed by atoms with van der Waals surface area (Å²) >= 11 is 0. The van der Waals surface area contributed by atoms with Crippen LogP contribution in [0.5, 0.6) is 17.2 Å². The molecule has 5 rings (SSSR count). The zero-order valence-electron chi connectivity index (χ0n) is 19.5. The van der Waals surface area contributed by atoms with E-state index < -0.39 is 5.82 Å². The molecule has 1 saturated heterocycles. The first-order chi connectivity index (χ1) is 17.5. The number of hydrogen-bond acceptors (Lipinski definition) is 6. The van der Waals surface area contributed by atoms with Crippen molar-refractivity contribution < 1.29 is 18.7 Å². The molecule has 180 valence electrons. The van der Waals surface area contributed by atoms with Crippen molar-refractivity contribution in [3.05, 3.63) is 78.9 Å². The Morgan fingerprint density at radius 2 is 2.00 bits per heavy atom. The number of halogens is 1. The highest BCUT2D eigenvalue weighted by Gasteiger charge is 2.29. The average Bonchev–Trinajstić information content (AvgIpc) is 3.55. The Labute approximate surface area is 206 Å². The maximum absolute atomic E-state index is 14.5. The molecule has 1 fully saturated rings. The van der Waals surface area contributed by atoms with Gasteiger partial charge in [0.25, 0.3) is 0 Å². The van der Waals surface area contributed by atoms with E-state index in [9.17, 15) is 14.4 Å². The van der Waals surface area contributed by atoms with Crippen molar-refractivity contribution in [3.63, 3.8) is 0 Å². The lowest BCUT2D eigenvalue weighted by Gasteiger charge is -2.15. The van der Waals surface area contributed by atoms with Gasteiger partial charge in [-0.3, -0.25) is 14.5 Å². The van der Waals surface area contributed by atoms with E-state index in [1.165, 1.54) is 31.5 Å². The van der Waals surface area contributed by atoms with Crippen LogP contribution in [0.1, 0.15) is 18.0 Å². The quantitative estimate of drug-likeness (QED) is 0.363. The van der Waals surface area contributed by atoms with Crippen LogP contribution >= 0.6 is 0 Å². The van der Waals surface area contributed by atoms with Gasteiger partial charge in [0.1, 0.15) is 17.5 Å². The predicted molar refractivity (Wildman–Crippen MR) is 131 cm³/mol. The molecule has 0 bridgehead atoms. The molecule has 4 aromatic rings. The van der Waals surface area contributed by atoms with Gasteiger partial charge in [0.15, 0.2) is 11.5 Å². The topological polar surface area (TPSA) is 93.3 Å². The van der Waals surface area contributed by atoms with Crippen LogP contribution < -0.4 is 9.47 Å². The Kier molecular flexibility index (Phi) is 6.09. The molecule has 8 nitrogen and oxygen atoms in total. The third-order valence-corrected chi connectivity index (χ3v) is 6.23. The summed E-state index contributed by atoms with van der Waals surface area (Å²) in [5, 5.41) is 15.3. The maximum atomic E-state index is 14.5. The number of hydrogen-bond donors (Lipinski definition) is 0. The fourth-order valence-corrected chi connectivity index (χ4v) is 4.45. The van der Waals surface area contributed by atoms with Gasteiger partial charge in [-0.2, -0.15) is 14.8 Å². The second kappa shape index (κ2) is 9.50. The number of ether oxygens (including phenoxy) is 2. The third kappa shape index (κ3) is 4.03. The lowest BCUT2D eigenvalue weighted by Crippen LogP contribution is -2.27. The summed E-state index contributed by atoms with van der Waals surface area (Å²) in [6.07, 6.45) is 5.22. The lowest BCUT2D eigenvalue weighted by molar-refractivity contribution is -0.125. The van der Waals surface area contributed by atoms with Crippen LogP contribution in [-0.4, -0.2) is 45.8 Å². The minimum atomic E-state index is -0.579. The van der Waals surface area contributed by atoms with Gasteiger partial charge < -0.3 is 14.4 Å². The molecule has 0 aliphatic carbocycles.